The lowest BCUT2D eigenvalue weighted by Crippen LogP contribution is -2.29. The van der Waals surface area contributed by atoms with E-state index < -0.39 is 0 Å². The Kier molecular flexibility index (Phi) is 5.81. The predicted octanol–water partition coefficient (Wildman–Crippen LogP) is 5.54. The van der Waals surface area contributed by atoms with Crippen molar-refractivity contribution in [2.45, 2.75) is 45.1 Å². The first kappa shape index (κ1) is 22.4. The Morgan fingerprint density at radius 3 is 2.46 bits per heavy atom. The third-order valence-electron chi connectivity index (χ3n) is 7.83. The van der Waals surface area contributed by atoms with Gasteiger partial charge in [-0.2, -0.15) is 5.10 Å². The lowest BCUT2D eigenvalue weighted by atomic mass is 10.1. The quantitative estimate of drug-likeness (QED) is 0.335. The molecule has 2 fully saturated rings. The van der Waals surface area contributed by atoms with Crippen LogP contribution in [0.5, 0.6) is 0 Å². The summed E-state index contributed by atoms with van der Waals surface area (Å²) in [5.74, 6) is 0. The summed E-state index contributed by atoms with van der Waals surface area (Å²) in [6.45, 7) is 5.46. The summed E-state index contributed by atoms with van der Waals surface area (Å²) in [5.41, 5.74) is 8.98. The van der Waals surface area contributed by atoms with E-state index in [1.165, 1.54) is 68.3 Å². The van der Waals surface area contributed by atoms with Crippen molar-refractivity contribution in [2.75, 3.05) is 31.1 Å². The molecule has 5 aromatic rings. The molecule has 2 saturated heterocycles. The number of aromatic nitrogens is 6. The highest BCUT2D eigenvalue weighted by atomic mass is 15.2. The molecule has 7 heterocycles. The number of nitrogens with zero attached hydrogens (tertiary/aromatic N) is 6. The van der Waals surface area contributed by atoms with Gasteiger partial charge in [0.15, 0.2) is 0 Å². The van der Waals surface area contributed by atoms with Gasteiger partial charge in [0.1, 0.15) is 11.2 Å². The van der Waals surface area contributed by atoms with Gasteiger partial charge in [0.05, 0.1) is 40.5 Å². The Bertz CT molecular complexity index is 1540. The van der Waals surface area contributed by atoms with E-state index in [-0.39, 0.29) is 0 Å². The third-order valence-corrected chi connectivity index (χ3v) is 7.83. The molecule has 0 bridgehead atoms. The van der Waals surface area contributed by atoms with E-state index in [4.69, 9.17) is 4.98 Å². The Balaban J connectivity index is 1.23. The largest absolute Gasteiger partial charge is 0.370 e. The molecule has 0 atom stereocenters. The molecule has 0 amide bonds. The number of aromatic amines is 2. The van der Waals surface area contributed by atoms with Crippen molar-refractivity contribution in [3.05, 3.63) is 54.6 Å². The zero-order valence-corrected chi connectivity index (χ0v) is 21.1. The third kappa shape index (κ3) is 4.35. The summed E-state index contributed by atoms with van der Waals surface area (Å²) in [6, 6.07) is 8.55. The van der Waals surface area contributed by atoms with Gasteiger partial charge in [-0.25, -0.2) is 4.98 Å². The van der Waals surface area contributed by atoms with Gasteiger partial charge in [-0.1, -0.05) is 6.42 Å². The summed E-state index contributed by atoms with van der Waals surface area (Å²) < 4.78 is 0. The maximum Gasteiger partial charge on any atom is 0.135 e. The maximum absolute atomic E-state index is 5.06. The number of hydrogen-bond acceptors (Lipinski definition) is 6. The number of anilines is 1. The standard InChI is InChI=1S/C29H32N8/c1-3-9-36(10-4-1)19-20-13-21(16-30-15-20)23-7-8-24-28(33-23)29(35-34-24)25-14-22-26(32-25)17-31-18-27(22)37-11-5-2-6-12-37/h7-8,13-18,32H,1-6,9-12,19H2,(H,34,35). The number of H-pyrrole nitrogens is 2. The number of rotatable bonds is 5. The fraction of sp³-hybridized carbons (Fsp3) is 0.379. The average Bonchev–Trinajstić information content (AvgIpc) is 3.58. The lowest BCUT2D eigenvalue weighted by molar-refractivity contribution is 0.220. The minimum absolute atomic E-state index is 0.829. The first-order chi connectivity index (χ1) is 18.3. The molecule has 5 aromatic heterocycles. The Morgan fingerprint density at radius 1 is 0.784 bits per heavy atom. The molecule has 2 aliphatic heterocycles. The minimum atomic E-state index is 0.829. The van der Waals surface area contributed by atoms with Crippen LogP contribution >= 0.6 is 0 Å². The van der Waals surface area contributed by atoms with Gasteiger partial charge in [-0.05, 0) is 75.0 Å². The first-order valence-electron chi connectivity index (χ1n) is 13.6. The molecular formula is C29H32N8. The highest BCUT2D eigenvalue weighted by Gasteiger charge is 2.19. The topological polar surface area (TPSA) is 89.6 Å². The van der Waals surface area contributed by atoms with Crippen LogP contribution in [0.1, 0.15) is 44.1 Å². The molecule has 37 heavy (non-hydrogen) atoms. The molecule has 0 radical (unpaired) electrons. The second kappa shape index (κ2) is 9.59. The Labute approximate surface area is 216 Å². The molecule has 8 heteroatoms. The molecule has 0 aliphatic carbocycles. The number of pyridine rings is 3. The zero-order chi connectivity index (χ0) is 24.6. The SMILES string of the molecule is c1ncc(-c2ccc3[nH]nc(-c4cc5c(N6CCCCC6)cncc5[nH]4)c3n2)cc1CN1CCCCC1. The smallest absolute Gasteiger partial charge is 0.135 e. The average molecular weight is 493 g/mol. The fourth-order valence-corrected chi connectivity index (χ4v) is 5.89. The fourth-order valence-electron chi connectivity index (χ4n) is 5.89. The maximum atomic E-state index is 5.06. The first-order valence-corrected chi connectivity index (χ1v) is 13.6. The molecule has 0 spiro atoms. The van der Waals surface area contributed by atoms with Crippen LogP contribution < -0.4 is 4.90 Å². The van der Waals surface area contributed by atoms with Crippen molar-refractivity contribution in [2.24, 2.45) is 0 Å². The minimum Gasteiger partial charge on any atom is -0.370 e. The van der Waals surface area contributed by atoms with Gasteiger partial charge in [0, 0.05) is 43.0 Å². The van der Waals surface area contributed by atoms with Crippen molar-refractivity contribution in [1.82, 2.24) is 35.0 Å². The normalized spacial score (nSPS) is 17.1. The molecule has 2 N–H and O–H groups in total. The number of likely N-dealkylation sites (tertiary alicyclic amines) is 1. The monoisotopic (exact) mass is 492 g/mol. The van der Waals surface area contributed by atoms with E-state index in [1.54, 1.807) is 0 Å². The Hall–Kier alpha value is -3.78. The van der Waals surface area contributed by atoms with Crippen LogP contribution in [0.15, 0.2) is 49.1 Å². The van der Waals surface area contributed by atoms with E-state index in [0.717, 1.165) is 58.8 Å². The number of hydrogen-bond donors (Lipinski definition) is 2. The molecule has 0 aromatic carbocycles. The van der Waals surface area contributed by atoms with Crippen LogP contribution in [0.4, 0.5) is 5.69 Å². The van der Waals surface area contributed by atoms with Gasteiger partial charge in [-0.15, -0.1) is 0 Å². The molecule has 7 rings (SSSR count). The molecule has 0 saturated carbocycles. The van der Waals surface area contributed by atoms with Crippen LogP contribution in [0.3, 0.4) is 0 Å². The van der Waals surface area contributed by atoms with Crippen molar-refractivity contribution in [1.29, 1.82) is 0 Å². The molecular weight excluding hydrogens is 460 g/mol. The molecule has 8 nitrogen and oxygen atoms in total. The van der Waals surface area contributed by atoms with E-state index in [9.17, 15) is 0 Å². The van der Waals surface area contributed by atoms with Crippen LogP contribution in [0, 0.1) is 0 Å². The highest BCUT2D eigenvalue weighted by molar-refractivity contribution is 5.98. The summed E-state index contributed by atoms with van der Waals surface area (Å²) >= 11 is 0. The van der Waals surface area contributed by atoms with Crippen molar-refractivity contribution < 1.29 is 0 Å². The van der Waals surface area contributed by atoms with Gasteiger partial charge in [0.2, 0.25) is 0 Å². The van der Waals surface area contributed by atoms with Gasteiger partial charge in [0.25, 0.3) is 0 Å². The molecule has 0 unspecified atom stereocenters. The van der Waals surface area contributed by atoms with Gasteiger partial charge in [-0.3, -0.25) is 20.0 Å². The van der Waals surface area contributed by atoms with Crippen LogP contribution in [-0.2, 0) is 6.54 Å². The van der Waals surface area contributed by atoms with Gasteiger partial charge < -0.3 is 9.88 Å². The second-order valence-corrected chi connectivity index (χ2v) is 10.4. The van der Waals surface area contributed by atoms with E-state index in [2.05, 4.69) is 59.2 Å². The number of piperidine rings is 2. The van der Waals surface area contributed by atoms with Crippen LogP contribution in [0.2, 0.25) is 0 Å². The zero-order valence-electron chi connectivity index (χ0n) is 21.1. The Morgan fingerprint density at radius 2 is 1.59 bits per heavy atom. The highest BCUT2D eigenvalue weighted by Crippen LogP contribution is 2.34. The molecule has 2 aliphatic rings. The van der Waals surface area contributed by atoms with Crippen molar-refractivity contribution in [3.8, 4) is 22.6 Å². The summed E-state index contributed by atoms with van der Waals surface area (Å²) in [4.78, 5) is 22.7. The van der Waals surface area contributed by atoms with E-state index in [0.29, 0.717) is 0 Å². The van der Waals surface area contributed by atoms with E-state index >= 15 is 0 Å². The summed E-state index contributed by atoms with van der Waals surface area (Å²) in [5, 5.41) is 9.02. The van der Waals surface area contributed by atoms with Gasteiger partial charge >= 0.3 is 0 Å². The summed E-state index contributed by atoms with van der Waals surface area (Å²) in [7, 11) is 0. The van der Waals surface area contributed by atoms with Crippen LogP contribution in [-0.4, -0.2) is 61.2 Å². The van der Waals surface area contributed by atoms with Crippen LogP contribution in [0.25, 0.3) is 44.6 Å². The second-order valence-electron chi connectivity index (χ2n) is 10.4. The van der Waals surface area contributed by atoms with Crippen molar-refractivity contribution >= 4 is 27.6 Å². The number of fused-ring (bicyclic) bond motifs is 2. The summed E-state index contributed by atoms with van der Waals surface area (Å²) in [6.07, 6.45) is 15.5. The van der Waals surface area contributed by atoms with Crippen molar-refractivity contribution in [3.63, 3.8) is 0 Å². The lowest BCUT2D eigenvalue weighted by Gasteiger charge is -2.28. The number of nitrogens with one attached hydrogen (secondary N) is 2. The van der Waals surface area contributed by atoms with E-state index in [1.807, 2.05) is 24.8 Å². The molecule has 188 valence electrons. The predicted molar refractivity (Wildman–Crippen MR) is 147 cm³/mol.